The molecule has 0 fully saturated rings. The number of amides is 1. The predicted octanol–water partition coefficient (Wildman–Crippen LogP) is 2.54. The van der Waals surface area contributed by atoms with Crippen LogP contribution in [0.1, 0.15) is 6.92 Å². The first-order valence-corrected chi connectivity index (χ1v) is 5.68. The van der Waals surface area contributed by atoms with Crippen LogP contribution in [-0.2, 0) is 0 Å². The molecule has 0 atom stereocenters. The topological polar surface area (TPSA) is 65.5 Å². The van der Waals surface area contributed by atoms with Gasteiger partial charge in [-0.3, -0.25) is 4.90 Å². The van der Waals surface area contributed by atoms with Crippen LogP contribution in [0.3, 0.4) is 0 Å². The largest absolute Gasteiger partial charge is 0.465 e. The zero-order chi connectivity index (χ0) is 12.1. The highest BCUT2D eigenvalue weighted by molar-refractivity contribution is 9.10. The lowest BCUT2D eigenvalue weighted by molar-refractivity contribution is 0.171. The van der Waals surface area contributed by atoms with Crippen LogP contribution in [0.2, 0.25) is 0 Å². The van der Waals surface area contributed by atoms with Crippen LogP contribution in [0.5, 0.6) is 0 Å². The summed E-state index contributed by atoms with van der Waals surface area (Å²) in [5.74, 6) is 0.499. The van der Waals surface area contributed by atoms with Crippen molar-refractivity contribution < 1.29 is 9.90 Å². The Labute approximate surface area is 107 Å². The Morgan fingerprint density at radius 3 is 2.88 bits per heavy atom. The standard InChI is InChI=1S/C9H10BrN3O2S/c1-2-13(9(14)15)8(16)12-7-5-3-4-6(10)11-7/h3-5H,2H2,1H3,(H,14,15)(H,11,12,16). The highest BCUT2D eigenvalue weighted by Crippen LogP contribution is 2.10. The third-order valence-electron chi connectivity index (χ3n) is 1.74. The number of aromatic nitrogens is 1. The fraction of sp³-hybridized carbons (Fsp3) is 0.222. The Hall–Kier alpha value is -1.21. The van der Waals surface area contributed by atoms with Gasteiger partial charge >= 0.3 is 6.09 Å². The van der Waals surface area contributed by atoms with Gasteiger partial charge in [-0.2, -0.15) is 0 Å². The van der Waals surface area contributed by atoms with E-state index >= 15 is 0 Å². The van der Waals surface area contributed by atoms with E-state index < -0.39 is 6.09 Å². The smallest absolute Gasteiger partial charge is 0.413 e. The fourth-order valence-electron chi connectivity index (χ4n) is 1.02. The van der Waals surface area contributed by atoms with Crippen molar-refractivity contribution >= 4 is 45.2 Å². The van der Waals surface area contributed by atoms with Gasteiger partial charge in [0.2, 0.25) is 0 Å². The average molecular weight is 304 g/mol. The minimum absolute atomic E-state index is 0.112. The number of pyridine rings is 1. The SMILES string of the molecule is CCN(C(=O)O)C(=S)Nc1cccc(Br)n1. The summed E-state index contributed by atoms with van der Waals surface area (Å²) in [6, 6.07) is 5.24. The molecule has 1 amide bonds. The number of thiocarbonyl (C=S) groups is 1. The molecule has 5 nitrogen and oxygen atoms in total. The Bertz CT molecular complexity index is 413. The van der Waals surface area contributed by atoms with Crippen molar-refractivity contribution in [1.82, 2.24) is 9.88 Å². The van der Waals surface area contributed by atoms with Crippen molar-refractivity contribution in [3.63, 3.8) is 0 Å². The van der Waals surface area contributed by atoms with E-state index in [9.17, 15) is 4.79 Å². The molecule has 1 aromatic rings. The average Bonchev–Trinajstić information content (AvgIpc) is 2.17. The van der Waals surface area contributed by atoms with Gasteiger partial charge in [-0.1, -0.05) is 6.07 Å². The van der Waals surface area contributed by atoms with Crippen molar-refractivity contribution in [3.05, 3.63) is 22.8 Å². The van der Waals surface area contributed by atoms with E-state index in [2.05, 4.69) is 26.2 Å². The van der Waals surface area contributed by atoms with Crippen molar-refractivity contribution in [3.8, 4) is 0 Å². The molecule has 7 heteroatoms. The maximum Gasteiger partial charge on any atom is 0.413 e. The van der Waals surface area contributed by atoms with Gasteiger partial charge in [-0.05, 0) is 47.2 Å². The third-order valence-corrected chi connectivity index (χ3v) is 2.51. The minimum Gasteiger partial charge on any atom is -0.465 e. The molecule has 0 radical (unpaired) electrons. The molecule has 0 bridgehead atoms. The molecule has 0 aliphatic rings. The van der Waals surface area contributed by atoms with Crippen LogP contribution in [0.15, 0.2) is 22.8 Å². The molecule has 0 aromatic carbocycles. The van der Waals surface area contributed by atoms with Gasteiger partial charge in [0.05, 0.1) is 0 Å². The summed E-state index contributed by atoms with van der Waals surface area (Å²) in [5.41, 5.74) is 0. The first-order chi connectivity index (χ1) is 7.54. The van der Waals surface area contributed by atoms with Crippen molar-refractivity contribution in [2.45, 2.75) is 6.92 Å². The molecule has 16 heavy (non-hydrogen) atoms. The predicted molar refractivity (Wildman–Crippen MR) is 68.6 cm³/mol. The number of nitrogens with one attached hydrogen (secondary N) is 1. The van der Waals surface area contributed by atoms with Gasteiger partial charge in [0.15, 0.2) is 5.11 Å². The van der Waals surface area contributed by atoms with Gasteiger partial charge in [-0.15, -0.1) is 0 Å². The van der Waals surface area contributed by atoms with E-state index in [0.29, 0.717) is 10.4 Å². The first kappa shape index (κ1) is 12.9. The second kappa shape index (κ2) is 5.76. The van der Waals surface area contributed by atoms with Crippen LogP contribution in [0.25, 0.3) is 0 Å². The van der Waals surface area contributed by atoms with Gasteiger partial charge < -0.3 is 10.4 Å². The van der Waals surface area contributed by atoms with Crippen LogP contribution in [-0.4, -0.2) is 32.7 Å². The summed E-state index contributed by atoms with van der Waals surface area (Å²) in [4.78, 5) is 15.9. The quantitative estimate of drug-likeness (QED) is 0.649. The molecular formula is C9H10BrN3O2S. The second-order valence-electron chi connectivity index (χ2n) is 2.80. The summed E-state index contributed by atoms with van der Waals surface area (Å²) in [7, 11) is 0. The van der Waals surface area contributed by atoms with Gasteiger partial charge in [0.25, 0.3) is 0 Å². The highest BCUT2D eigenvalue weighted by Gasteiger charge is 2.14. The van der Waals surface area contributed by atoms with Gasteiger partial charge in [-0.25, -0.2) is 9.78 Å². The third kappa shape index (κ3) is 3.42. The monoisotopic (exact) mass is 303 g/mol. The van der Waals surface area contributed by atoms with Gasteiger partial charge in [0, 0.05) is 6.54 Å². The Morgan fingerprint density at radius 2 is 2.38 bits per heavy atom. The van der Waals surface area contributed by atoms with Crippen molar-refractivity contribution in [1.29, 1.82) is 0 Å². The minimum atomic E-state index is -1.09. The van der Waals surface area contributed by atoms with Crippen LogP contribution < -0.4 is 5.32 Å². The lowest BCUT2D eigenvalue weighted by Gasteiger charge is -2.18. The zero-order valence-electron chi connectivity index (χ0n) is 8.48. The number of carbonyl (C=O) groups is 1. The number of anilines is 1. The summed E-state index contributed by atoms with van der Waals surface area (Å²) in [6.07, 6.45) is -1.09. The summed E-state index contributed by atoms with van der Waals surface area (Å²) in [6.45, 7) is 1.99. The molecular weight excluding hydrogens is 294 g/mol. The Balaban J connectivity index is 2.74. The van der Waals surface area contributed by atoms with Crippen molar-refractivity contribution in [2.24, 2.45) is 0 Å². The molecule has 0 aliphatic heterocycles. The molecule has 0 saturated heterocycles. The number of hydrogen-bond acceptors (Lipinski definition) is 3. The normalized spacial score (nSPS) is 9.62. The number of nitrogens with zero attached hydrogens (tertiary/aromatic N) is 2. The Kier molecular flexibility index (Phi) is 4.63. The van der Waals surface area contributed by atoms with E-state index in [0.717, 1.165) is 4.90 Å². The molecule has 86 valence electrons. The van der Waals surface area contributed by atoms with Crippen molar-refractivity contribution in [2.75, 3.05) is 11.9 Å². The van der Waals surface area contributed by atoms with E-state index in [-0.39, 0.29) is 11.7 Å². The molecule has 0 unspecified atom stereocenters. The zero-order valence-corrected chi connectivity index (χ0v) is 10.9. The number of carboxylic acid groups (broad SMARTS) is 1. The molecule has 0 saturated carbocycles. The van der Waals surface area contributed by atoms with E-state index in [1.807, 2.05) is 0 Å². The first-order valence-electron chi connectivity index (χ1n) is 4.48. The lowest BCUT2D eigenvalue weighted by Crippen LogP contribution is -2.38. The fourth-order valence-corrected chi connectivity index (χ4v) is 1.68. The van der Waals surface area contributed by atoms with E-state index in [1.54, 1.807) is 25.1 Å². The molecule has 1 heterocycles. The maximum atomic E-state index is 10.8. The van der Waals surface area contributed by atoms with Gasteiger partial charge in [0.1, 0.15) is 10.4 Å². The summed E-state index contributed by atoms with van der Waals surface area (Å²) in [5, 5.41) is 11.7. The molecule has 2 N–H and O–H groups in total. The van der Waals surface area contributed by atoms with Crippen LogP contribution in [0, 0.1) is 0 Å². The Morgan fingerprint density at radius 1 is 1.69 bits per heavy atom. The number of rotatable bonds is 2. The molecule has 1 rings (SSSR count). The van der Waals surface area contributed by atoms with E-state index in [1.165, 1.54) is 0 Å². The summed E-state index contributed by atoms with van der Waals surface area (Å²) < 4.78 is 0.652. The lowest BCUT2D eigenvalue weighted by atomic mass is 10.4. The number of hydrogen-bond donors (Lipinski definition) is 2. The van der Waals surface area contributed by atoms with Crippen LogP contribution >= 0.6 is 28.1 Å². The molecule has 0 aliphatic carbocycles. The molecule has 1 aromatic heterocycles. The second-order valence-corrected chi connectivity index (χ2v) is 4.00. The number of halogens is 1. The van der Waals surface area contributed by atoms with Crippen LogP contribution in [0.4, 0.5) is 10.6 Å². The van der Waals surface area contributed by atoms with E-state index in [4.69, 9.17) is 17.3 Å². The summed E-state index contributed by atoms with van der Waals surface area (Å²) >= 11 is 8.17. The maximum absolute atomic E-state index is 10.8. The highest BCUT2D eigenvalue weighted by atomic mass is 79.9. The molecule has 0 spiro atoms.